The molecule has 0 radical (unpaired) electrons. The lowest BCUT2D eigenvalue weighted by Crippen LogP contribution is -2.44. The average molecular weight is 259 g/mol. The Bertz CT molecular complexity index is 205. The lowest BCUT2D eigenvalue weighted by molar-refractivity contribution is -0.119. The summed E-state index contributed by atoms with van der Waals surface area (Å²) in [5, 5.41) is 3.46. The van der Waals surface area contributed by atoms with E-state index >= 15 is 0 Å². The van der Waals surface area contributed by atoms with Gasteiger partial charge in [-0.2, -0.15) is 0 Å². The van der Waals surface area contributed by atoms with Crippen LogP contribution in [0.4, 0.5) is 0 Å². The predicted molar refractivity (Wildman–Crippen MR) is 73.0 cm³/mol. The second kappa shape index (κ2) is 8.86. The minimum atomic E-state index is 0.131. The van der Waals surface area contributed by atoms with Crippen molar-refractivity contribution in [2.45, 2.75) is 51.2 Å². The van der Waals surface area contributed by atoms with Crippen molar-refractivity contribution in [2.24, 2.45) is 0 Å². The third-order valence-electron chi connectivity index (χ3n) is 3.47. The number of ether oxygens (including phenoxy) is 3. The smallest absolute Gasteiger partial charge is 0.0708 e. The molecule has 1 aliphatic rings. The van der Waals surface area contributed by atoms with Gasteiger partial charge in [-0.1, -0.05) is 13.8 Å². The lowest BCUT2D eigenvalue weighted by atomic mass is 9.77. The van der Waals surface area contributed by atoms with Gasteiger partial charge < -0.3 is 19.5 Å². The Morgan fingerprint density at radius 1 is 1.11 bits per heavy atom. The molecule has 0 amide bonds. The van der Waals surface area contributed by atoms with Gasteiger partial charge in [-0.3, -0.25) is 0 Å². The quantitative estimate of drug-likeness (QED) is 0.576. The van der Waals surface area contributed by atoms with Gasteiger partial charge in [0.1, 0.15) is 0 Å². The molecule has 1 saturated carbocycles. The molecule has 0 aliphatic heterocycles. The summed E-state index contributed by atoms with van der Waals surface area (Å²) in [5.74, 6) is 0. The van der Waals surface area contributed by atoms with Crippen molar-refractivity contribution >= 4 is 0 Å². The molecule has 108 valence electrons. The van der Waals surface area contributed by atoms with Crippen LogP contribution in [0, 0.1) is 0 Å². The molecule has 0 bridgehead atoms. The number of methoxy groups -OCH3 is 1. The van der Waals surface area contributed by atoms with Crippen molar-refractivity contribution < 1.29 is 14.2 Å². The summed E-state index contributed by atoms with van der Waals surface area (Å²) < 4.78 is 16.4. The van der Waals surface area contributed by atoms with Gasteiger partial charge >= 0.3 is 0 Å². The maximum absolute atomic E-state index is 6.02. The first-order valence-electron chi connectivity index (χ1n) is 7.12. The Labute approximate surface area is 111 Å². The number of rotatable bonds is 11. The van der Waals surface area contributed by atoms with E-state index in [0.717, 1.165) is 13.0 Å². The zero-order chi connectivity index (χ0) is 13.3. The summed E-state index contributed by atoms with van der Waals surface area (Å²) in [7, 11) is 1.69. The van der Waals surface area contributed by atoms with Crippen LogP contribution in [0.1, 0.15) is 39.5 Å². The van der Waals surface area contributed by atoms with Gasteiger partial charge in [0, 0.05) is 13.2 Å². The summed E-state index contributed by atoms with van der Waals surface area (Å²) >= 11 is 0. The van der Waals surface area contributed by atoms with E-state index in [1.807, 2.05) is 0 Å². The largest absolute Gasteiger partial charge is 0.382 e. The first-order valence-corrected chi connectivity index (χ1v) is 7.12. The van der Waals surface area contributed by atoms with Crippen molar-refractivity contribution in [3.8, 4) is 0 Å². The van der Waals surface area contributed by atoms with Crippen molar-refractivity contribution in [2.75, 3.05) is 40.1 Å². The molecule has 1 fully saturated rings. The Kier molecular flexibility index (Phi) is 7.82. The molecule has 0 saturated heterocycles. The summed E-state index contributed by atoms with van der Waals surface area (Å²) in [6, 6.07) is 0.555. The van der Waals surface area contributed by atoms with Crippen LogP contribution in [0.5, 0.6) is 0 Å². The Balaban J connectivity index is 2.05. The van der Waals surface area contributed by atoms with Gasteiger partial charge in [0.25, 0.3) is 0 Å². The third kappa shape index (κ3) is 6.14. The third-order valence-corrected chi connectivity index (χ3v) is 3.47. The molecule has 0 aromatic heterocycles. The molecule has 0 aromatic rings. The molecule has 4 nitrogen and oxygen atoms in total. The molecule has 0 aromatic carbocycles. The second-order valence-corrected chi connectivity index (χ2v) is 5.35. The van der Waals surface area contributed by atoms with Gasteiger partial charge in [-0.15, -0.1) is 0 Å². The molecular weight excluding hydrogens is 230 g/mol. The minimum absolute atomic E-state index is 0.131. The molecule has 18 heavy (non-hydrogen) atoms. The fourth-order valence-electron chi connectivity index (χ4n) is 2.19. The molecule has 0 spiro atoms. The summed E-state index contributed by atoms with van der Waals surface area (Å²) in [6.07, 6.45) is 4.81. The van der Waals surface area contributed by atoms with Crippen LogP contribution >= 0.6 is 0 Å². The van der Waals surface area contributed by atoms with Crippen LogP contribution in [-0.4, -0.2) is 51.7 Å². The fourth-order valence-corrected chi connectivity index (χ4v) is 2.19. The van der Waals surface area contributed by atoms with Gasteiger partial charge in [0.2, 0.25) is 0 Å². The SMILES string of the molecule is COCCOCCOC1(CCNC(C)C)CCC1. The highest BCUT2D eigenvalue weighted by Gasteiger charge is 2.37. The minimum Gasteiger partial charge on any atom is -0.382 e. The van der Waals surface area contributed by atoms with Gasteiger partial charge in [0.15, 0.2) is 0 Å². The van der Waals surface area contributed by atoms with Crippen LogP contribution in [0.25, 0.3) is 0 Å². The second-order valence-electron chi connectivity index (χ2n) is 5.35. The topological polar surface area (TPSA) is 39.7 Å². The van der Waals surface area contributed by atoms with Gasteiger partial charge in [-0.05, 0) is 32.2 Å². The van der Waals surface area contributed by atoms with Crippen molar-refractivity contribution in [1.82, 2.24) is 5.32 Å². The molecular formula is C14H29NO3. The molecule has 0 unspecified atom stereocenters. The first kappa shape index (κ1) is 15.9. The molecule has 0 atom stereocenters. The van der Waals surface area contributed by atoms with E-state index in [0.29, 0.717) is 32.5 Å². The molecule has 1 N–H and O–H groups in total. The van der Waals surface area contributed by atoms with E-state index in [2.05, 4.69) is 19.2 Å². The monoisotopic (exact) mass is 259 g/mol. The molecule has 1 aliphatic carbocycles. The van der Waals surface area contributed by atoms with E-state index in [4.69, 9.17) is 14.2 Å². The number of hydrogen-bond acceptors (Lipinski definition) is 4. The van der Waals surface area contributed by atoms with Gasteiger partial charge in [0.05, 0.1) is 32.0 Å². The predicted octanol–water partition coefficient (Wildman–Crippen LogP) is 1.98. The summed E-state index contributed by atoms with van der Waals surface area (Å²) in [5.41, 5.74) is 0.131. The highest BCUT2D eigenvalue weighted by Crippen LogP contribution is 2.38. The van der Waals surface area contributed by atoms with Crippen LogP contribution in [0.3, 0.4) is 0 Å². The molecule has 4 heteroatoms. The van der Waals surface area contributed by atoms with Crippen molar-refractivity contribution in [3.05, 3.63) is 0 Å². The van der Waals surface area contributed by atoms with E-state index in [-0.39, 0.29) is 5.60 Å². The van der Waals surface area contributed by atoms with E-state index < -0.39 is 0 Å². The van der Waals surface area contributed by atoms with Crippen LogP contribution < -0.4 is 5.32 Å². The average Bonchev–Trinajstić information content (AvgIpc) is 2.28. The van der Waals surface area contributed by atoms with Crippen LogP contribution in [0.2, 0.25) is 0 Å². The Morgan fingerprint density at radius 2 is 1.83 bits per heavy atom. The lowest BCUT2D eigenvalue weighted by Gasteiger charge is -2.42. The maximum Gasteiger partial charge on any atom is 0.0708 e. The van der Waals surface area contributed by atoms with E-state index in [1.165, 1.54) is 19.3 Å². The maximum atomic E-state index is 6.02. The van der Waals surface area contributed by atoms with Crippen LogP contribution in [-0.2, 0) is 14.2 Å². The van der Waals surface area contributed by atoms with E-state index in [1.54, 1.807) is 7.11 Å². The Morgan fingerprint density at radius 3 is 2.39 bits per heavy atom. The van der Waals surface area contributed by atoms with Gasteiger partial charge in [-0.25, -0.2) is 0 Å². The normalized spacial score (nSPS) is 18.0. The standard InChI is InChI=1S/C14H29NO3/c1-13(2)15-8-7-14(5-4-6-14)18-12-11-17-10-9-16-3/h13,15H,4-12H2,1-3H3. The number of nitrogens with one attached hydrogen (secondary N) is 1. The molecule has 0 heterocycles. The first-order chi connectivity index (χ1) is 8.68. The Hall–Kier alpha value is -0.160. The zero-order valence-corrected chi connectivity index (χ0v) is 12.2. The van der Waals surface area contributed by atoms with Crippen molar-refractivity contribution in [3.63, 3.8) is 0 Å². The highest BCUT2D eigenvalue weighted by atomic mass is 16.5. The highest BCUT2D eigenvalue weighted by molar-refractivity contribution is 4.90. The van der Waals surface area contributed by atoms with Crippen molar-refractivity contribution in [1.29, 1.82) is 0 Å². The fraction of sp³-hybridized carbons (Fsp3) is 1.00. The summed E-state index contributed by atoms with van der Waals surface area (Å²) in [6.45, 7) is 8.08. The number of hydrogen-bond donors (Lipinski definition) is 1. The molecule has 1 rings (SSSR count). The summed E-state index contributed by atoms with van der Waals surface area (Å²) in [4.78, 5) is 0. The van der Waals surface area contributed by atoms with Crippen LogP contribution in [0.15, 0.2) is 0 Å². The van der Waals surface area contributed by atoms with E-state index in [9.17, 15) is 0 Å². The zero-order valence-electron chi connectivity index (χ0n) is 12.2.